The van der Waals surface area contributed by atoms with Crippen molar-refractivity contribution in [3.05, 3.63) is 51.7 Å². The van der Waals surface area contributed by atoms with Crippen molar-refractivity contribution < 1.29 is 14.3 Å². The second kappa shape index (κ2) is 9.73. The minimum atomic E-state index is -0.0631. The third-order valence-electron chi connectivity index (χ3n) is 5.03. The van der Waals surface area contributed by atoms with E-state index in [4.69, 9.17) is 4.74 Å². The summed E-state index contributed by atoms with van der Waals surface area (Å²) < 4.78 is 6.17. The van der Waals surface area contributed by atoms with E-state index >= 15 is 0 Å². The van der Waals surface area contributed by atoms with Crippen LogP contribution in [0.3, 0.4) is 0 Å². The molecule has 0 aliphatic carbocycles. The topological polar surface area (TPSA) is 58.6 Å². The van der Waals surface area contributed by atoms with Crippen molar-refractivity contribution in [3.8, 4) is 5.75 Å². The normalized spacial score (nSPS) is 14.7. The van der Waals surface area contributed by atoms with Gasteiger partial charge in [-0.05, 0) is 48.9 Å². The molecule has 1 aromatic carbocycles. The van der Waals surface area contributed by atoms with Crippen molar-refractivity contribution in [1.29, 1.82) is 0 Å². The Bertz CT molecular complexity index is 796. The predicted molar refractivity (Wildman–Crippen MR) is 112 cm³/mol. The lowest BCUT2D eigenvalue weighted by Gasteiger charge is -2.32. The summed E-state index contributed by atoms with van der Waals surface area (Å²) >= 11 is 1.42. The molecule has 6 heteroatoms. The Kier molecular flexibility index (Phi) is 7.09. The van der Waals surface area contributed by atoms with Crippen LogP contribution in [0.4, 0.5) is 0 Å². The van der Waals surface area contributed by atoms with Gasteiger partial charge in [-0.2, -0.15) is 0 Å². The molecule has 0 bridgehead atoms. The lowest BCUT2D eigenvalue weighted by Crippen LogP contribution is -2.42. The number of piperidine rings is 1. The summed E-state index contributed by atoms with van der Waals surface area (Å²) in [6.45, 7) is 6.11. The van der Waals surface area contributed by atoms with Gasteiger partial charge in [0.25, 0.3) is 5.91 Å². The van der Waals surface area contributed by atoms with Crippen LogP contribution in [0.15, 0.2) is 35.7 Å². The highest BCUT2D eigenvalue weighted by atomic mass is 32.1. The molecule has 1 aliphatic heterocycles. The molecule has 0 unspecified atom stereocenters. The zero-order valence-corrected chi connectivity index (χ0v) is 17.4. The van der Waals surface area contributed by atoms with Gasteiger partial charge in [0.2, 0.25) is 5.91 Å². The third kappa shape index (κ3) is 5.58. The smallest absolute Gasteiger partial charge is 0.261 e. The van der Waals surface area contributed by atoms with Crippen LogP contribution in [0.2, 0.25) is 0 Å². The van der Waals surface area contributed by atoms with E-state index in [-0.39, 0.29) is 17.9 Å². The fraction of sp³-hybridized carbons (Fsp3) is 0.455. The van der Waals surface area contributed by atoms with Crippen LogP contribution in [0, 0.1) is 13.8 Å². The molecule has 5 nitrogen and oxygen atoms in total. The van der Waals surface area contributed by atoms with Gasteiger partial charge in [-0.1, -0.05) is 18.2 Å². The highest BCUT2D eigenvalue weighted by molar-refractivity contribution is 7.12. The number of rotatable bonds is 7. The molecule has 1 aromatic heterocycles. The van der Waals surface area contributed by atoms with Crippen molar-refractivity contribution in [2.24, 2.45) is 0 Å². The van der Waals surface area contributed by atoms with E-state index in [0.29, 0.717) is 24.3 Å². The van der Waals surface area contributed by atoms with Crippen LogP contribution < -0.4 is 10.1 Å². The van der Waals surface area contributed by atoms with Gasteiger partial charge in [-0.3, -0.25) is 9.59 Å². The molecule has 2 amide bonds. The van der Waals surface area contributed by atoms with Gasteiger partial charge in [0.15, 0.2) is 0 Å². The average Bonchev–Trinajstić information content (AvgIpc) is 3.23. The van der Waals surface area contributed by atoms with Gasteiger partial charge in [-0.25, -0.2) is 0 Å². The van der Waals surface area contributed by atoms with Gasteiger partial charge in [-0.15, -0.1) is 11.3 Å². The minimum Gasteiger partial charge on any atom is -0.490 e. The number of hydrogen-bond acceptors (Lipinski definition) is 4. The Balaban J connectivity index is 1.35. The lowest BCUT2D eigenvalue weighted by molar-refractivity contribution is -0.133. The number of nitrogens with zero attached hydrogens (tertiary/aromatic N) is 1. The highest BCUT2D eigenvalue weighted by Crippen LogP contribution is 2.24. The number of thiophene rings is 1. The monoisotopic (exact) mass is 400 g/mol. The molecule has 1 fully saturated rings. The third-order valence-corrected chi connectivity index (χ3v) is 5.90. The van der Waals surface area contributed by atoms with Gasteiger partial charge in [0.05, 0.1) is 4.88 Å². The predicted octanol–water partition coefficient (Wildman–Crippen LogP) is 3.94. The van der Waals surface area contributed by atoms with Gasteiger partial charge in [0.1, 0.15) is 11.9 Å². The number of carbonyl (C=O) groups excluding carboxylic acids is 2. The molecule has 150 valence electrons. The summed E-state index contributed by atoms with van der Waals surface area (Å²) in [5, 5.41) is 4.75. The fourth-order valence-corrected chi connectivity index (χ4v) is 3.97. The molecular weight excluding hydrogens is 372 g/mol. The number of likely N-dealkylation sites (tertiary alicyclic amines) is 1. The number of aryl methyl sites for hydroxylation is 2. The molecule has 3 rings (SSSR count). The van der Waals surface area contributed by atoms with Crippen molar-refractivity contribution >= 4 is 23.2 Å². The summed E-state index contributed by atoms with van der Waals surface area (Å²) in [6, 6.07) is 9.91. The molecule has 0 spiro atoms. The first-order chi connectivity index (χ1) is 13.5. The van der Waals surface area contributed by atoms with E-state index in [2.05, 4.69) is 37.4 Å². The first-order valence-electron chi connectivity index (χ1n) is 9.86. The number of hydrogen-bond donors (Lipinski definition) is 1. The lowest BCUT2D eigenvalue weighted by atomic mass is 10.1. The maximum absolute atomic E-state index is 12.4. The molecule has 1 aliphatic rings. The zero-order chi connectivity index (χ0) is 19.9. The summed E-state index contributed by atoms with van der Waals surface area (Å²) in [4.78, 5) is 26.9. The summed E-state index contributed by atoms with van der Waals surface area (Å²) in [7, 11) is 0. The molecule has 0 saturated carbocycles. The molecule has 1 N–H and O–H groups in total. The molecule has 1 saturated heterocycles. The largest absolute Gasteiger partial charge is 0.490 e. The van der Waals surface area contributed by atoms with Crippen LogP contribution in [-0.2, 0) is 4.79 Å². The Morgan fingerprint density at radius 3 is 2.71 bits per heavy atom. The Labute approximate surface area is 170 Å². The minimum absolute atomic E-state index is 0.0631. The van der Waals surface area contributed by atoms with E-state index < -0.39 is 0 Å². The summed E-state index contributed by atoms with van der Waals surface area (Å²) in [5.41, 5.74) is 2.34. The van der Waals surface area contributed by atoms with Gasteiger partial charge in [0, 0.05) is 38.9 Å². The molecule has 2 heterocycles. The second-order valence-corrected chi connectivity index (χ2v) is 8.25. The van der Waals surface area contributed by atoms with Crippen LogP contribution in [-0.4, -0.2) is 42.5 Å². The summed E-state index contributed by atoms with van der Waals surface area (Å²) in [6.07, 6.45) is 3.00. The first-order valence-corrected chi connectivity index (χ1v) is 10.7. The second-order valence-electron chi connectivity index (χ2n) is 7.30. The number of nitrogens with one attached hydrogen (secondary N) is 1. The summed E-state index contributed by atoms with van der Waals surface area (Å²) in [5.74, 6) is 1.05. The van der Waals surface area contributed by atoms with Crippen molar-refractivity contribution in [2.75, 3.05) is 19.6 Å². The molecular formula is C22H28N2O3S. The number of ether oxygens (including phenoxy) is 1. The average molecular weight is 401 g/mol. The van der Waals surface area contributed by atoms with E-state index in [1.54, 1.807) is 6.07 Å². The van der Waals surface area contributed by atoms with E-state index in [1.165, 1.54) is 16.9 Å². The van der Waals surface area contributed by atoms with E-state index in [0.717, 1.165) is 37.2 Å². The first kappa shape index (κ1) is 20.4. The van der Waals surface area contributed by atoms with E-state index in [1.807, 2.05) is 16.3 Å². The molecule has 28 heavy (non-hydrogen) atoms. The Morgan fingerprint density at radius 2 is 2.00 bits per heavy atom. The van der Waals surface area contributed by atoms with Crippen LogP contribution >= 0.6 is 11.3 Å². The fourth-order valence-electron chi connectivity index (χ4n) is 3.33. The highest BCUT2D eigenvalue weighted by Gasteiger charge is 2.24. The van der Waals surface area contributed by atoms with Gasteiger partial charge >= 0.3 is 0 Å². The Morgan fingerprint density at radius 1 is 1.21 bits per heavy atom. The zero-order valence-electron chi connectivity index (χ0n) is 16.6. The van der Waals surface area contributed by atoms with Crippen molar-refractivity contribution in [1.82, 2.24) is 10.2 Å². The molecule has 0 radical (unpaired) electrons. The van der Waals surface area contributed by atoms with E-state index in [9.17, 15) is 9.59 Å². The quantitative estimate of drug-likeness (QED) is 0.716. The maximum atomic E-state index is 12.4. The van der Waals surface area contributed by atoms with Crippen LogP contribution in [0.5, 0.6) is 5.75 Å². The SMILES string of the molecule is Cc1ccc(C)c(OC2CCN(C(=O)CCCNC(=O)c3cccs3)CC2)c1. The van der Waals surface area contributed by atoms with Gasteiger partial charge < -0.3 is 15.0 Å². The molecule has 0 atom stereocenters. The molecule has 2 aromatic rings. The standard InChI is InChI=1S/C22H28N2O3S/c1-16-7-8-17(2)19(15-16)27-18-9-12-24(13-10-18)21(25)6-3-11-23-22(26)20-5-4-14-28-20/h4-5,7-8,14-15,18H,3,6,9-13H2,1-2H3,(H,23,26). The number of benzene rings is 1. The Hall–Kier alpha value is -2.34. The van der Waals surface area contributed by atoms with Crippen molar-refractivity contribution in [3.63, 3.8) is 0 Å². The van der Waals surface area contributed by atoms with Crippen molar-refractivity contribution in [2.45, 2.75) is 45.6 Å². The number of amides is 2. The van der Waals surface area contributed by atoms with Crippen LogP contribution in [0.25, 0.3) is 0 Å². The maximum Gasteiger partial charge on any atom is 0.261 e. The number of carbonyl (C=O) groups is 2. The van der Waals surface area contributed by atoms with Crippen LogP contribution in [0.1, 0.15) is 46.5 Å².